The molecule has 0 spiro atoms. The fourth-order valence-electron chi connectivity index (χ4n) is 2.33. The number of aliphatic hydroxyl groups excluding tert-OH is 1. The van der Waals surface area contributed by atoms with Crippen LogP contribution in [0.4, 0.5) is 4.39 Å². The Bertz CT molecular complexity index is 380. The molecule has 4 heteroatoms. The second-order valence-electron chi connectivity index (χ2n) is 4.57. The third kappa shape index (κ3) is 3.27. The van der Waals surface area contributed by atoms with E-state index in [0.717, 1.165) is 31.5 Å². The molecule has 94 valence electrons. The molecule has 0 radical (unpaired) electrons. The van der Waals surface area contributed by atoms with E-state index in [2.05, 4.69) is 21.2 Å². The van der Waals surface area contributed by atoms with Gasteiger partial charge in [-0.1, -0.05) is 12.1 Å². The van der Waals surface area contributed by atoms with Gasteiger partial charge in [-0.2, -0.15) is 0 Å². The molecule has 1 aromatic rings. The van der Waals surface area contributed by atoms with Gasteiger partial charge in [-0.15, -0.1) is 0 Å². The van der Waals surface area contributed by atoms with Crippen LogP contribution in [-0.4, -0.2) is 24.3 Å². The summed E-state index contributed by atoms with van der Waals surface area (Å²) in [7, 11) is 0. The molecule has 1 atom stereocenters. The molecule has 1 aliphatic heterocycles. The predicted octanol–water partition coefficient (Wildman–Crippen LogP) is 2.49. The molecule has 1 heterocycles. The summed E-state index contributed by atoms with van der Waals surface area (Å²) in [5, 5.41) is 13.4. The van der Waals surface area contributed by atoms with Gasteiger partial charge in [0.1, 0.15) is 5.82 Å². The summed E-state index contributed by atoms with van der Waals surface area (Å²) in [6, 6.07) is 4.96. The first-order valence-corrected chi connectivity index (χ1v) is 6.79. The highest BCUT2D eigenvalue weighted by molar-refractivity contribution is 9.10. The average Bonchev–Trinajstić information content (AvgIpc) is 2.36. The van der Waals surface area contributed by atoms with Crippen molar-refractivity contribution < 1.29 is 9.50 Å². The lowest BCUT2D eigenvalue weighted by molar-refractivity contribution is 0.0888. The highest BCUT2D eigenvalue weighted by Gasteiger charge is 2.22. The van der Waals surface area contributed by atoms with Crippen molar-refractivity contribution in [2.45, 2.75) is 25.4 Å². The van der Waals surface area contributed by atoms with E-state index in [1.54, 1.807) is 6.07 Å². The van der Waals surface area contributed by atoms with Crippen LogP contribution in [0, 0.1) is 11.7 Å². The number of piperidine rings is 1. The fraction of sp³-hybridized carbons (Fsp3) is 0.538. The first-order chi connectivity index (χ1) is 8.18. The molecule has 0 amide bonds. The minimum Gasteiger partial charge on any atom is -0.392 e. The minimum atomic E-state index is -0.379. The molecular weight excluding hydrogens is 285 g/mol. The zero-order valence-electron chi connectivity index (χ0n) is 9.63. The largest absolute Gasteiger partial charge is 0.392 e. The standard InChI is InChI=1S/C13H17BrFNO/c14-13-10(2-1-3-11(13)15)8-12(17)9-4-6-16-7-5-9/h1-3,9,12,16-17H,4-8H2. The number of benzene rings is 1. The van der Waals surface area contributed by atoms with E-state index in [1.165, 1.54) is 6.07 Å². The van der Waals surface area contributed by atoms with Gasteiger partial charge in [-0.3, -0.25) is 0 Å². The van der Waals surface area contributed by atoms with E-state index in [4.69, 9.17) is 0 Å². The normalized spacial score (nSPS) is 19.2. The Morgan fingerprint density at radius 3 is 2.82 bits per heavy atom. The first kappa shape index (κ1) is 13.0. The molecule has 1 aliphatic rings. The van der Waals surface area contributed by atoms with Gasteiger partial charge in [-0.05, 0) is 65.8 Å². The lowest BCUT2D eigenvalue weighted by Crippen LogP contribution is -2.35. The van der Waals surface area contributed by atoms with Crippen LogP contribution in [0.25, 0.3) is 0 Å². The Morgan fingerprint density at radius 1 is 1.41 bits per heavy atom. The van der Waals surface area contributed by atoms with E-state index in [-0.39, 0.29) is 11.9 Å². The molecule has 1 unspecified atom stereocenters. The Labute approximate surface area is 109 Å². The molecular formula is C13H17BrFNO. The van der Waals surface area contributed by atoms with Crippen LogP contribution in [-0.2, 0) is 6.42 Å². The topological polar surface area (TPSA) is 32.3 Å². The van der Waals surface area contributed by atoms with Gasteiger partial charge >= 0.3 is 0 Å². The highest BCUT2D eigenvalue weighted by Crippen LogP contribution is 2.25. The summed E-state index contributed by atoms with van der Waals surface area (Å²) >= 11 is 3.23. The van der Waals surface area contributed by atoms with E-state index in [0.29, 0.717) is 16.8 Å². The summed E-state index contributed by atoms with van der Waals surface area (Å²) in [6.07, 6.45) is 2.13. The maximum atomic E-state index is 13.3. The van der Waals surface area contributed by atoms with Crippen molar-refractivity contribution >= 4 is 15.9 Å². The van der Waals surface area contributed by atoms with E-state index in [1.807, 2.05) is 6.07 Å². The Kier molecular flexibility index (Phi) is 4.54. The zero-order chi connectivity index (χ0) is 12.3. The zero-order valence-corrected chi connectivity index (χ0v) is 11.2. The third-order valence-electron chi connectivity index (χ3n) is 3.39. The molecule has 17 heavy (non-hydrogen) atoms. The van der Waals surface area contributed by atoms with E-state index in [9.17, 15) is 9.50 Å². The number of hydrogen-bond donors (Lipinski definition) is 2. The summed E-state index contributed by atoms with van der Waals surface area (Å²) in [5.74, 6) is 0.0615. The molecule has 0 saturated carbocycles. The summed E-state index contributed by atoms with van der Waals surface area (Å²) in [6.45, 7) is 1.93. The summed E-state index contributed by atoms with van der Waals surface area (Å²) in [5.41, 5.74) is 0.844. The van der Waals surface area contributed by atoms with Crippen molar-refractivity contribution in [1.82, 2.24) is 5.32 Å². The second-order valence-corrected chi connectivity index (χ2v) is 5.36. The van der Waals surface area contributed by atoms with Crippen LogP contribution >= 0.6 is 15.9 Å². The molecule has 2 nitrogen and oxygen atoms in total. The quantitative estimate of drug-likeness (QED) is 0.899. The molecule has 1 aromatic carbocycles. The van der Waals surface area contributed by atoms with Crippen molar-refractivity contribution in [1.29, 1.82) is 0 Å². The molecule has 0 aliphatic carbocycles. The molecule has 1 fully saturated rings. The van der Waals surface area contributed by atoms with Gasteiger partial charge < -0.3 is 10.4 Å². The molecule has 1 saturated heterocycles. The number of nitrogens with one attached hydrogen (secondary N) is 1. The van der Waals surface area contributed by atoms with E-state index < -0.39 is 0 Å². The fourth-order valence-corrected chi connectivity index (χ4v) is 2.75. The highest BCUT2D eigenvalue weighted by atomic mass is 79.9. The van der Waals surface area contributed by atoms with Gasteiger partial charge in [-0.25, -0.2) is 4.39 Å². The Balaban J connectivity index is 2.01. The number of halogens is 2. The second kappa shape index (κ2) is 5.94. The van der Waals surface area contributed by atoms with E-state index >= 15 is 0 Å². The van der Waals surface area contributed by atoms with Crippen molar-refractivity contribution in [2.75, 3.05) is 13.1 Å². The van der Waals surface area contributed by atoms with Crippen LogP contribution < -0.4 is 5.32 Å². The van der Waals surface area contributed by atoms with Crippen LogP contribution in [0.1, 0.15) is 18.4 Å². The molecule has 2 N–H and O–H groups in total. The average molecular weight is 302 g/mol. The third-order valence-corrected chi connectivity index (χ3v) is 4.28. The minimum absolute atomic E-state index is 0.264. The SMILES string of the molecule is OC(Cc1cccc(F)c1Br)C1CCNCC1. The molecule has 0 bridgehead atoms. The maximum absolute atomic E-state index is 13.3. The van der Waals surface area contributed by atoms with Crippen LogP contribution in [0.15, 0.2) is 22.7 Å². The lowest BCUT2D eigenvalue weighted by atomic mass is 9.88. The molecule has 2 rings (SSSR count). The van der Waals surface area contributed by atoms with Gasteiger partial charge in [0, 0.05) is 0 Å². The van der Waals surface area contributed by atoms with Gasteiger partial charge in [0.2, 0.25) is 0 Å². The monoisotopic (exact) mass is 301 g/mol. The smallest absolute Gasteiger partial charge is 0.137 e. The lowest BCUT2D eigenvalue weighted by Gasteiger charge is -2.27. The number of hydrogen-bond acceptors (Lipinski definition) is 2. The van der Waals surface area contributed by atoms with Gasteiger partial charge in [0.05, 0.1) is 10.6 Å². The number of rotatable bonds is 3. The molecule has 0 aromatic heterocycles. The Morgan fingerprint density at radius 2 is 2.12 bits per heavy atom. The van der Waals surface area contributed by atoms with Crippen molar-refractivity contribution in [2.24, 2.45) is 5.92 Å². The maximum Gasteiger partial charge on any atom is 0.137 e. The van der Waals surface area contributed by atoms with Crippen LogP contribution in [0.3, 0.4) is 0 Å². The van der Waals surface area contributed by atoms with Crippen LogP contribution in [0.5, 0.6) is 0 Å². The summed E-state index contributed by atoms with van der Waals surface area (Å²) in [4.78, 5) is 0. The van der Waals surface area contributed by atoms with Crippen LogP contribution in [0.2, 0.25) is 0 Å². The Hall–Kier alpha value is -0.450. The van der Waals surface area contributed by atoms with Crippen molar-refractivity contribution in [3.63, 3.8) is 0 Å². The summed E-state index contributed by atoms with van der Waals surface area (Å²) < 4.78 is 13.8. The van der Waals surface area contributed by atoms with Gasteiger partial charge in [0.25, 0.3) is 0 Å². The van der Waals surface area contributed by atoms with Gasteiger partial charge in [0.15, 0.2) is 0 Å². The number of aliphatic hydroxyl groups is 1. The predicted molar refractivity (Wildman–Crippen MR) is 69.4 cm³/mol. The first-order valence-electron chi connectivity index (χ1n) is 6.00. The van der Waals surface area contributed by atoms with Crippen molar-refractivity contribution in [3.05, 3.63) is 34.1 Å². The van der Waals surface area contributed by atoms with Crippen molar-refractivity contribution in [3.8, 4) is 0 Å².